The van der Waals surface area contributed by atoms with Gasteiger partial charge < -0.3 is 4.74 Å². The maximum absolute atomic E-state index is 10.8. The third-order valence-electron chi connectivity index (χ3n) is 1.89. The number of ether oxygens (including phenoxy) is 1. The molecule has 1 aliphatic rings. The van der Waals surface area contributed by atoms with E-state index < -0.39 is 5.97 Å². The second-order valence-electron chi connectivity index (χ2n) is 2.72. The predicted molar refractivity (Wildman–Crippen MR) is 50.6 cm³/mol. The highest BCUT2D eigenvalue weighted by Crippen LogP contribution is 2.32. The Morgan fingerprint density at radius 1 is 1.38 bits per heavy atom. The molecule has 2 rings (SSSR count). The summed E-state index contributed by atoms with van der Waals surface area (Å²) in [5, 5.41) is 0. The van der Waals surface area contributed by atoms with Crippen molar-refractivity contribution in [3.8, 4) is 0 Å². The summed E-state index contributed by atoms with van der Waals surface area (Å²) in [5.74, 6) is 0.209. The minimum atomic E-state index is -0.416. The van der Waals surface area contributed by atoms with Crippen LogP contribution < -0.4 is 0 Å². The largest absolute Gasteiger partial charge is 0.423 e. The lowest BCUT2D eigenvalue weighted by Gasteiger charge is -2.17. The van der Waals surface area contributed by atoms with Gasteiger partial charge in [0.1, 0.15) is 5.76 Å². The zero-order chi connectivity index (χ0) is 9.26. The molecule has 0 bridgehead atoms. The van der Waals surface area contributed by atoms with Gasteiger partial charge in [0, 0.05) is 11.6 Å². The van der Waals surface area contributed by atoms with Crippen molar-refractivity contribution in [2.24, 2.45) is 0 Å². The number of hydrogen-bond acceptors (Lipinski definition) is 2. The highest BCUT2D eigenvalue weighted by Gasteiger charge is 2.18. The van der Waals surface area contributed by atoms with E-state index in [0.717, 1.165) is 17.2 Å². The second kappa shape index (κ2) is 2.90. The van der Waals surface area contributed by atoms with Crippen molar-refractivity contribution in [3.05, 3.63) is 48.0 Å². The summed E-state index contributed by atoms with van der Waals surface area (Å²) in [6.45, 7) is 3.33. The first-order valence-corrected chi connectivity index (χ1v) is 3.96. The molecule has 0 heterocycles. The predicted octanol–water partition coefficient (Wildman–Crippen LogP) is 2.23. The van der Waals surface area contributed by atoms with Gasteiger partial charge >= 0.3 is 5.97 Å². The van der Waals surface area contributed by atoms with Crippen LogP contribution in [-0.4, -0.2) is 5.97 Å². The summed E-state index contributed by atoms with van der Waals surface area (Å²) >= 11 is 0. The van der Waals surface area contributed by atoms with Gasteiger partial charge in [-0.05, 0) is 11.6 Å². The summed E-state index contributed by atoms with van der Waals surface area (Å²) < 4.78 is 4.97. The maximum atomic E-state index is 10.8. The lowest BCUT2D eigenvalue weighted by molar-refractivity contribution is -0.131. The Hall–Kier alpha value is -1.83. The molecule has 0 saturated heterocycles. The van der Waals surface area contributed by atoms with Crippen molar-refractivity contribution in [2.75, 3.05) is 0 Å². The minimum Gasteiger partial charge on any atom is -0.423 e. The fourth-order valence-corrected chi connectivity index (χ4v) is 1.22. The van der Waals surface area contributed by atoms with E-state index in [1.54, 1.807) is 0 Å². The van der Waals surface area contributed by atoms with Gasteiger partial charge in [0.15, 0.2) is 0 Å². The molecule has 0 saturated carbocycles. The van der Waals surface area contributed by atoms with Crippen LogP contribution in [0, 0.1) is 0 Å². The lowest BCUT2D eigenvalue weighted by Crippen LogP contribution is -2.06. The molecular formula is C11H8O2. The Morgan fingerprint density at radius 3 is 2.85 bits per heavy atom. The Balaban J connectivity index is 2.16. The van der Waals surface area contributed by atoms with Gasteiger partial charge in [-0.1, -0.05) is 30.8 Å². The normalized spacial score (nSPS) is 12.2. The molecule has 0 N–H and O–H groups in total. The van der Waals surface area contributed by atoms with E-state index in [1.807, 2.05) is 30.3 Å². The molecule has 0 radical (unpaired) electrons. The van der Waals surface area contributed by atoms with E-state index in [0.29, 0.717) is 5.76 Å². The molecule has 0 atom stereocenters. The highest BCUT2D eigenvalue weighted by molar-refractivity contribution is 5.97. The molecule has 64 valence electrons. The number of fused-ring (bicyclic) bond motifs is 1. The Bertz CT molecular complexity index is 402. The molecule has 1 aromatic carbocycles. The van der Waals surface area contributed by atoms with Crippen molar-refractivity contribution in [3.63, 3.8) is 0 Å². The monoisotopic (exact) mass is 172 g/mol. The molecule has 13 heavy (non-hydrogen) atoms. The third-order valence-corrected chi connectivity index (χ3v) is 1.89. The molecule has 2 heteroatoms. The van der Waals surface area contributed by atoms with Gasteiger partial charge in [0.2, 0.25) is 0 Å². The SMILES string of the molecule is C=CC(=O)OC1=Cc2ccccc21. The van der Waals surface area contributed by atoms with E-state index in [4.69, 9.17) is 4.74 Å². The third kappa shape index (κ3) is 1.26. The first-order valence-electron chi connectivity index (χ1n) is 3.96. The molecule has 1 aliphatic carbocycles. The first kappa shape index (κ1) is 7.80. The van der Waals surface area contributed by atoms with Crippen molar-refractivity contribution in [1.82, 2.24) is 0 Å². The highest BCUT2D eigenvalue weighted by atomic mass is 16.5. The van der Waals surface area contributed by atoms with Crippen LogP contribution in [0.15, 0.2) is 36.9 Å². The lowest BCUT2D eigenvalue weighted by atomic mass is 9.96. The Kier molecular flexibility index (Phi) is 1.74. The van der Waals surface area contributed by atoms with Crippen molar-refractivity contribution in [2.45, 2.75) is 0 Å². The van der Waals surface area contributed by atoms with Gasteiger partial charge in [-0.2, -0.15) is 0 Å². The number of carbonyl (C=O) groups excluding carboxylic acids is 1. The Morgan fingerprint density at radius 2 is 2.15 bits per heavy atom. The van der Waals surface area contributed by atoms with Crippen LogP contribution in [0.25, 0.3) is 11.8 Å². The van der Waals surface area contributed by atoms with Crippen LogP contribution in [0.3, 0.4) is 0 Å². The maximum Gasteiger partial charge on any atom is 0.335 e. The number of rotatable bonds is 2. The average molecular weight is 172 g/mol. The van der Waals surface area contributed by atoms with Crippen LogP contribution in [0.2, 0.25) is 0 Å². The average Bonchev–Trinajstić information content (AvgIpc) is 2.14. The summed E-state index contributed by atoms with van der Waals surface area (Å²) in [5.41, 5.74) is 2.09. The zero-order valence-corrected chi connectivity index (χ0v) is 6.99. The number of esters is 1. The van der Waals surface area contributed by atoms with E-state index in [-0.39, 0.29) is 0 Å². The summed E-state index contributed by atoms with van der Waals surface area (Å²) in [6.07, 6.45) is 2.98. The zero-order valence-electron chi connectivity index (χ0n) is 6.99. The summed E-state index contributed by atoms with van der Waals surface area (Å²) in [4.78, 5) is 10.8. The fourth-order valence-electron chi connectivity index (χ4n) is 1.22. The van der Waals surface area contributed by atoms with Crippen LogP contribution in [0.1, 0.15) is 11.1 Å². The summed E-state index contributed by atoms with van der Waals surface area (Å²) in [6, 6.07) is 7.75. The van der Waals surface area contributed by atoms with E-state index in [2.05, 4.69) is 6.58 Å². The van der Waals surface area contributed by atoms with Gasteiger partial charge in [-0.3, -0.25) is 0 Å². The smallest absolute Gasteiger partial charge is 0.335 e. The minimum absolute atomic E-state index is 0.416. The van der Waals surface area contributed by atoms with Gasteiger partial charge in [-0.25, -0.2) is 4.79 Å². The second-order valence-corrected chi connectivity index (χ2v) is 2.72. The molecular weight excluding hydrogens is 164 g/mol. The Labute approximate surface area is 76.1 Å². The van der Waals surface area contributed by atoms with Crippen LogP contribution in [0.4, 0.5) is 0 Å². The van der Waals surface area contributed by atoms with Crippen molar-refractivity contribution in [1.29, 1.82) is 0 Å². The fraction of sp³-hybridized carbons (Fsp3) is 0. The van der Waals surface area contributed by atoms with Gasteiger partial charge in [0.05, 0.1) is 0 Å². The molecule has 2 nitrogen and oxygen atoms in total. The first-order chi connectivity index (χ1) is 6.31. The molecule has 0 aromatic heterocycles. The number of benzene rings is 1. The van der Waals surface area contributed by atoms with E-state index >= 15 is 0 Å². The number of hydrogen-bond donors (Lipinski definition) is 0. The van der Waals surface area contributed by atoms with Crippen molar-refractivity contribution >= 4 is 17.8 Å². The van der Waals surface area contributed by atoms with Gasteiger partial charge in [-0.15, -0.1) is 0 Å². The molecule has 0 unspecified atom stereocenters. The van der Waals surface area contributed by atoms with Crippen molar-refractivity contribution < 1.29 is 9.53 Å². The van der Waals surface area contributed by atoms with Crippen LogP contribution >= 0.6 is 0 Å². The van der Waals surface area contributed by atoms with Gasteiger partial charge in [0.25, 0.3) is 0 Å². The standard InChI is InChI=1S/C11H8O2/c1-2-11(12)13-10-7-8-5-3-4-6-9(8)10/h2-7H,1H2. The molecule has 0 spiro atoms. The van der Waals surface area contributed by atoms with Crippen LogP contribution in [0.5, 0.6) is 0 Å². The molecule has 0 amide bonds. The van der Waals surface area contributed by atoms with E-state index in [1.165, 1.54) is 0 Å². The molecule has 0 aliphatic heterocycles. The quantitative estimate of drug-likeness (QED) is 0.505. The van der Waals surface area contributed by atoms with Crippen LogP contribution in [-0.2, 0) is 9.53 Å². The van der Waals surface area contributed by atoms with E-state index in [9.17, 15) is 4.79 Å². The molecule has 1 aromatic rings. The number of carbonyl (C=O) groups is 1. The molecule has 0 fully saturated rings. The topological polar surface area (TPSA) is 26.3 Å². The summed E-state index contributed by atoms with van der Waals surface area (Å²) in [7, 11) is 0.